The van der Waals surface area contributed by atoms with E-state index in [0.29, 0.717) is 27.7 Å². The van der Waals surface area contributed by atoms with Crippen LogP contribution in [-0.2, 0) is 9.63 Å². The summed E-state index contributed by atoms with van der Waals surface area (Å²) in [4.78, 5) is 17.4. The zero-order valence-electron chi connectivity index (χ0n) is 13.1. The normalized spacial score (nSPS) is 15.6. The van der Waals surface area contributed by atoms with Crippen LogP contribution in [0.15, 0.2) is 53.7 Å². The van der Waals surface area contributed by atoms with Crippen LogP contribution >= 0.6 is 23.2 Å². The lowest BCUT2D eigenvalue weighted by atomic mass is 10.0. The van der Waals surface area contributed by atoms with Gasteiger partial charge >= 0.3 is 0 Å². The number of nitrogens with zero attached hydrogens (tertiary/aromatic N) is 1. The maximum absolute atomic E-state index is 12.1. The van der Waals surface area contributed by atoms with Crippen molar-refractivity contribution in [2.75, 3.05) is 6.54 Å². The molecule has 1 heterocycles. The lowest BCUT2D eigenvalue weighted by Gasteiger charge is -2.07. The van der Waals surface area contributed by atoms with E-state index < -0.39 is 6.10 Å². The average Bonchev–Trinajstić information content (AvgIpc) is 3.09. The van der Waals surface area contributed by atoms with Crippen molar-refractivity contribution < 1.29 is 9.63 Å². The monoisotopic (exact) mass is 372 g/mol. The van der Waals surface area contributed by atoms with E-state index in [0.717, 1.165) is 5.56 Å². The van der Waals surface area contributed by atoms with E-state index in [9.17, 15) is 4.79 Å². The number of amides is 1. The van der Waals surface area contributed by atoms with Gasteiger partial charge in [-0.3, -0.25) is 4.79 Å². The van der Waals surface area contributed by atoms with E-state index in [2.05, 4.69) is 22.3 Å². The Bertz CT molecular complexity index is 870. The number of hydrogen-bond donors (Lipinski definition) is 1. The van der Waals surface area contributed by atoms with Gasteiger partial charge < -0.3 is 10.2 Å². The summed E-state index contributed by atoms with van der Waals surface area (Å²) in [6, 6.07) is 14.7. The van der Waals surface area contributed by atoms with Gasteiger partial charge in [-0.05, 0) is 24.3 Å². The van der Waals surface area contributed by atoms with E-state index >= 15 is 0 Å². The molecule has 1 amide bonds. The summed E-state index contributed by atoms with van der Waals surface area (Å²) in [6.45, 7) is 0.241. The Kier molecular flexibility index (Phi) is 5.60. The Hall–Kier alpha value is -2.48. The summed E-state index contributed by atoms with van der Waals surface area (Å²) >= 11 is 12.0. The first-order valence-corrected chi connectivity index (χ1v) is 8.39. The molecule has 2 aromatic rings. The number of rotatable bonds is 3. The molecule has 1 N–H and O–H groups in total. The Morgan fingerprint density at radius 2 is 2.04 bits per heavy atom. The molecule has 0 radical (unpaired) electrons. The van der Waals surface area contributed by atoms with E-state index in [1.807, 2.05) is 30.3 Å². The van der Waals surface area contributed by atoms with Crippen molar-refractivity contribution in [3.05, 3.63) is 69.7 Å². The summed E-state index contributed by atoms with van der Waals surface area (Å²) < 4.78 is 0. The van der Waals surface area contributed by atoms with Gasteiger partial charge in [-0.25, -0.2) is 0 Å². The highest BCUT2D eigenvalue weighted by molar-refractivity contribution is 6.37. The third kappa shape index (κ3) is 4.54. The molecule has 6 heteroatoms. The number of hydrogen-bond acceptors (Lipinski definition) is 3. The number of halogens is 2. The smallest absolute Gasteiger partial charge is 0.265 e. The maximum atomic E-state index is 12.1. The maximum Gasteiger partial charge on any atom is 0.265 e. The highest BCUT2D eigenvalue weighted by Crippen LogP contribution is 2.25. The minimum Gasteiger partial charge on any atom is -0.382 e. The number of benzene rings is 2. The molecule has 0 aliphatic carbocycles. The molecule has 0 unspecified atom stereocenters. The standard InChI is InChI=1S/C19H14Cl2N2O2/c20-14-8-9-15(16(21)11-14)17-12-18(25-23-17)19(24)22-10-4-7-13-5-2-1-3-6-13/h1-3,5-6,8-9,11,18H,10,12H2,(H,22,24)/t18-/m0/s1. The fraction of sp³-hybridized carbons (Fsp3) is 0.158. The van der Waals surface area contributed by atoms with Gasteiger partial charge in [0.1, 0.15) is 0 Å². The van der Waals surface area contributed by atoms with Gasteiger partial charge in [0, 0.05) is 22.6 Å². The van der Waals surface area contributed by atoms with Crippen LogP contribution in [-0.4, -0.2) is 24.3 Å². The highest BCUT2D eigenvalue weighted by atomic mass is 35.5. The molecule has 0 fully saturated rings. The van der Waals surface area contributed by atoms with Gasteiger partial charge in [-0.2, -0.15) is 0 Å². The van der Waals surface area contributed by atoms with Crippen LogP contribution in [0.3, 0.4) is 0 Å². The van der Waals surface area contributed by atoms with Crippen LogP contribution in [0.4, 0.5) is 0 Å². The van der Waals surface area contributed by atoms with Gasteiger partial charge in [0.15, 0.2) is 0 Å². The first-order chi connectivity index (χ1) is 12.1. The van der Waals surface area contributed by atoms with Crippen molar-refractivity contribution in [2.45, 2.75) is 12.5 Å². The van der Waals surface area contributed by atoms with Crippen molar-refractivity contribution in [1.82, 2.24) is 5.32 Å². The Labute approximate surface area is 155 Å². The van der Waals surface area contributed by atoms with Crippen molar-refractivity contribution in [3.8, 4) is 11.8 Å². The summed E-state index contributed by atoms with van der Waals surface area (Å²) in [5, 5.41) is 7.71. The fourth-order valence-corrected chi connectivity index (χ4v) is 2.83. The molecule has 2 aromatic carbocycles. The largest absolute Gasteiger partial charge is 0.382 e. The SMILES string of the molecule is O=C(NCC#Cc1ccccc1)[C@@H]1CC(c2ccc(Cl)cc2Cl)=NO1. The lowest BCUT2D eigenvalue weighted by molar-refractivity contribution is -0.130. The molecule has 126 valence electrons. The van der Waals surface area contributed by atoms with E-state index in [1.165, 1.54) is 0 Å². The van der Waals surface area contributed by atoms with Crippen molar-refractivity contribution >= 4 is 34.8 Å². The average molecular weight is 373 g/mol. The zero-order valence-corrected chi connectivity index (χ0v) is 14.6. The molecular weight excluding hydrogens is 359 g/mol. The lowest BCUT2D eigenvalue weighted by Crippen LogP contribution is -2.35. The fourth-order valence-electron chi connectivity index (χ4n) is 2.31. The van der Waals surface area contributed by atoms with Crippen molar-refractivity contribution in [3.63, 3.8) is 0 Å². The van der Waals surface area contributed by atoms with Gasteiger partial charge in [0.2, 0.25) is 6.10 Å². The van der Waals surface area contributed by atoms with Crippen LogP contribution in [0.2, 0.25) is 10.0 Å². The molecule has 3 rings (SSSR count). The molecule has 25 heavy (non-hydrogen) atoms. The minimum atomic E-state index is -0.680. The highest BCUT2D eigenvalue weighted by Gasteiger charge is 2.29. The zero-order chi connectivity index (χ0) is 17.6. The molecular formula is C19H14Cl2N2O2. The van der Waals surface area contributed by atoms with Crippen LogP contribution in [0.1, 0.15) is 17.5 Å². The van der Waals surface area contributed by atoms with E-state index in [-0.39, 0.29) is 12.5 Å². The van der Waals surface area contributed by atoms with Crippen LogP contribution in [0.25, 0.3) is 0 Å². The van der Waals surface area contributed by atoms with Crippen LogP contribution < -0.4 is 5.32 Å². The number of oxime groups is 1. The Morgan fingerprint density at radius 1 is 1.24 bits per heavy atom. The number of nitrogens with one attached hydrogen (secondary N) is 1. The van der Waals surface area contributed by atoms with Crippen molar-refractivity contribution in [2.24, 2.45) is 5.16 Å². The summed E-state index contributed by atoms with van der Waals surface area (Å²) in [7, 11) is 0. The van der Waals surface area contributed by atoms with E-state index in [1.54, 1.807) is 18.2 Å². The second-order valence-electron chi connectivity index (χ2n) is 5.35. The van der Waals surface area contributed by atoms with Crippen molar-refractivity contribution in [1.29, 1.82) is 0 Å². The predicted molar refractivity (Wildman–Crippen MR) is 98.8 cm³/mol. The second kappa shape index (κ2) is 8.06. The van der Waals surface area contributed by atoms with Gasteiger partial charge in [-0.1, -0.05) is 64.5 Å². The second-order valence-corrected chi connectivity index (χ2v) is 6.19. The Morgan fingerprint density at radius 3 is 2.80 bits per heavy atom. The van der Waals surface area contributed by atoms with Gasteiger partial charge in [-0.15, -0.1) is 0 Å². The molecule has 0 saturated heterocycles. The Balaban J connectivity index is 1.53. The molecule has 4 nitrogen and oxygen atoms in total. The quantitative estimate of drug-likeness (QED) is 0.835. The predicted octanol–water partition coefficient (Wildman–Crippen LogP) is 3.65. The molecule has 1 aliphatic rings. The third-order valence-corrected chi connectivity index (χ3v) is 4.11. The number of carbonyl (C=O) groups excluding carboxylic acids is 1. The van der Waals surface area contributed by atoms with Gasteiger partial charge in [0.25, 0.3) is 5.91 Å². The minimum absolute atomic E-state index is 0.241. The summed E-state index contributed by atoms with van der Waals surface area (Å²) in [6.07, 6.45) is -0.334. The van der Waals surface area contributed by atoms with Gasteiger partial charge in [0.05, 0.1) is 17.3 Å². The molecule has 1 atom stereocenters. The summed E-state index contributed by atoms with van der Waals surface area (Å²) in [5.41, 5.74) is 2.24. The number of carbonyl (C=O) groups is 1. The van der Waals surface area contributed by atoms with Crippen LogP contribution in [0, 0.1) is 11.8 Å². The third-order valence-electron chi connectivity index (χ3n) is 3.56. The first kappa shape index (κ1) is 17.3. The molecule has 0 bridgehead atoms. The molecule has 0 saturated carbocycles. The topological polar surface area (TPSA) is 50.7 Å². The summed E-state index contributed by atoms with van der Waals surface area (Å²) in [5.74, 6) is 5.62. The molecule has 0 aromatic heterocycles. The molecule has 0 spiro atoms. The molecule has 1 aliphatic heterocycles. The van der Waals surface area contributed by atoms with E-state index in [4.69, 9.17) is 28.0 Å². The van der Waals surface area contributed by atoms with Crippen LogP contribution in [0.5, 0.6) is 0 Å². The first-order valence-electron chi connectivity index (χ1n) is 7.63.